The Morgan fingerprint density at radius 1 is 1.09 bits per heavy atom. The number of carbonyl (C=O) groups is 1. The van der Waals surface area contributed by atoms with E-state index in [1.165, 1.54) is 0 Å². The molecule has 0 saturated carbocycles. The van der Waals surface area contributed by atoms with Crippen LogP contribution in [0.3, 0.4) is 0 Å². The number of halogens is 1. The Morgan fingerprint density at radius 2 is 1.91 bits per heavy atom. The van der Waals surface area contributed by atoms with E-state index in [-0.39, 0.29) is 11.7 Å². The Bertz CT molecular complexity index is 800. The summed E-state index contributed by atoms with van der Waals surface area (Å²) in [4.78, 5) is 16.3. The zero-order chi connectivity index (χ0) is 16.1. The van der Waals surface area contributed by atoms with Crippen LogP contribution in [0.25, 0.3) is 11.3 Å². The second-order valence-corrected chi connectivity index (χ2v) is 5.38. The number of rotatable bonds is 5. The highest BCUT2D eigenvalue weighted by Gasteiger charge is 2.13. The molecule has 2 aromatic heterocycles. The Kier molecular flexibility index (Phi) is 4.74. The topological polar surface area (TPSA) is 55.1 Å². The second kappa shape index (κ2) is 7.11. The van der Waals surface area contributed by atoms with Crippen LogP contribution in [-0.2, 0) is 6.42 Å². The van der Waals surface area contributed by atoms with Gasteiger partial charge < -0.3 is 9.73 Å². The van der Waals surface area contributed by atoms with Gasteiger partial charge in [-0.3, -0.25) is 9.78 Å². The molecule has 0 fully saturated rings. The highest BCUT2D eigenvalue weighted by molar-refractivity contribution is 6.33. The molecule has 0 spiro atoms. The maximum atomic E-state index is 12.1. The van der Waals surface area contributed by atoms with Gasteiger partial charge in [-0.25, -0.2) is 0 Å². The molecule has 2 heterocycles. The highest BCUT2D eigenvalue weighted by atomic mass is 35.5. The fourth-order valence-corrected chi connectivity index (χ4v) is 2.43. The average molecular weight is 327 g/mol. The number of nitrogens with one attached hydrogen (secondary N) is 1. The van der Waals surface area contributed by atoms with Gasteiger partial charge in [0.05, 0.1) is 5.02 Å². The van der Waals surface area contributed by atoms with Gasteiger partial charge in [0.25, 0.3) is 5.91 Å². The van der Waals surface area contributed by atoms with Crippen molar-refractivity contribution in [1.29, 1.82) is 0 Å². The molecular formula is C18H15ClN2O2. The molecular weight excluding hydrogens is 312 g/mol. The Balaban J connectivity index is 1.62. The quantitative estimate of drug-likeness (QED) is 0.772. The third kappa shape index (κ3) is 3.79. The maximum absolute atomic E-state index is 12.1. The van der Waals surface area contributed by atoms with Gasteiger partial charge in [0, 0.05) is 30.4 Å². The van der Waals surface area contributed by atoms with Gasteiger partial charge in [0.15, 0.2) is 5.76 Å². The van der Waals surface area contributed by atoms with Crippen LogP contribution < -0.4 is 5.32 Å². The molecule has 1 aromatic carbocycles. The third-order valence-electron chi connectivity index (χ3n) is 3.36. The number of pyridine rings is 1. The summed E-state index contributed by atoms with van der Waals surface area (Å²) in [5.74, 6) is 0.589. The summed E-state index contributed by atoms with van der Waals surface area (Å²) < 4.78 is 5.60. The first-order valence-corrected chi connectivity index (χ1v) is 7.64. The van der Waals surface area contributed by atoms with Gasteiger partial charge in [-0.05, 0) is 36.4 Å². The number of hydrogen-bond acceptors (Lipinski definition) is 3. The summed E-state index contributed by atoms with van der Waals surface area (Å²) in [6.07, 6.45) is 2.41. The molecule has 0 aliphatic carbocycles. The van der Waals surface area contributed by atoms with Crippen LogP contribution in [0.5, 0.6) is 0 Å². The van der Waals surface area contributed by atoms with E-state index in [9.17, 15) is 4.79 Å². The molecule has 0 atom stereocenters. The Labute approximate surface area is 139 Å². The van der Waals surface area contributed by atoms with Gasteiger partial charge in [-0.2, -0.15) is 0 Å². The van der Waals surface area contributed by atoms with E-state index in [0.717, 1.165) is 11.3 Å². The first-order chi connectivity index (χ1) is 11.2. The smallest absolute Gasteiger partial charge is 0.287 e. The molecule has 116 valence electrons. The van der Waals surface area contributed by atoms with Crippen molar-refractivity contribution in [2.75, 3.05) is 6.54 Å². The molecule has 0 bridgehead atoms. The van der Waals surface area contributed by atoms with E-state index < -0.39 is 0 Å². The molecule has 0 unspecified atom stereocenters. The molecule has 3 aromatic rings. The Morgan fingerprint density at radius 3 is 2.70 bits per heavy atom. The number of carbonyl (C=O) groups excluding carboxylic acids is 1. The molecule has 23 heavy (non-hydrogen) atoms. The van der Waals surface area contributed by atoms with E-state index in [2.05, 4.69) is 10.3 Å². The number of aromatic nitrogens is 1. The number of furan rings is 1. The van der Waals surface area contributed by atoms with E-state index in [1.807, 2.05) is 36.4 Å². The van der Waals surface area contributed by atoms with Crippen LogP contribution in [0, 0.1) is 0 Å². The van der Waals surface area contributed by atoms with Gasteiger partial charge in [0.1, 0.15) is 5.76 Å². The minimum atomic E-state index is -0.251. The number of amides is 1. The largest absolute Gasteiger partial charge is 0.451 e. The summed E-state index contributed by atoms with van der Waals surface area (Å²) >= 11 is 6.13. The van der Waals surface area contributed by atoms with E-state index >= 15 is 0 Å². The number of nitrogens with zero attached hydrogens (tertiary/aromatic N) is 1. The van der Waals surface area contributed by atoms with Crippen molar-refractivity contribution in [3.8, 4) is 11.3 Å². The number of benzene rings is 1. The van der Waals surface area contributed by atoms with Crippen molar-refractivity contribution in [2.45, 2.75) is 6.42 Å². The average Bonchev–Trinajstić information content (AvgIpc) is 3.06. The van der Waals surface area contributed by atoms with Crippen LogP contribution >= 0.6 is 11.6 Å². The molecule has 3 rings (SSSR count). The maximum Gasteiger partial charge on any atom is 0.287 e. The Hall–Kier alpha value is -2.59. The standard InChI is InChI=1S/C18H15ClN2O2/c19-15-7-2-1-6-14(15)16-8-9-17(23-16)18(22)21-12-10-13-5-3-4-11-20-13/h1-9,11H,10,12H2,(H,21,22). The zero-order valence-corrected chi connectivity index (χ0v) is 13.1. The third-order valence-corrected chi connectivity index (χ3v) is 3.69. The van der Waals surface area contributed by atoms with Crippen molar-refractivity contribution in [2.24, 2.45) is 0 Å². The van der Waals surface area contributed by atoms with Crippen LogP contribution in [0.15, 0.2) is 65.2 Å². The minimum absolute atomic E-state index is 0.251. The fraction of sp³-hybridized carbons (Fsp3) is 0.111. The van der Waals surface area contributed by atoms with Crippen LogP contribution in [0.1, 0.15) is 16.2 Å². The van der Waals surface area contributed by atoms with Gasteiger partial charge in [0.2, 0.25) is 0 Å². The van der Waals surface area contributed by atoms with Gasteiger partial charge in [-0.15, -0.1) is 0 Å². The minimum Gasteiger partial charge on any atom is -0.451 e. The van der Waals surface area contributed by atoms with Crippen molar-refractivity contribution >= 4 is 17.5 Å². The molecule has 0 saturated heterocycles. The van der Waals surface area contributed by atoms with Crippen LogP contribution in [-0.4, -0.2) is 17.4 Å². The lowest BCUT2D eigenvalue weighted by Crippen LogP contribution is -2.25. The van der Waals surface area contributed by atoms with E-state index in [4.69, 9.17) is 16.0 Å². The normalized spacial score (nSPS) is 10.5. The molecule has 0 aliphatic heterocycles. The molecule has 4 nitrogen and oxygen atoms in total. The lowest BCUT2D eigenvalue weighted by molar-refractivity contribution is 0.0927. The summed E-state index contributed by atoms with van der Waals surface area (Å²) in [6, 6.07) is 16.5. The fourth-order valence-electron chi connectivity index (χ4n) is 2.20. The summed E-state index contributed by atoms with van der Waals surface area (Å²) in [7, 11) is 0. The summed E-state index contributed by atoms with van der Waals surface area (Å²) in [5.41, 5.74) is 1.70. The predicted octanol–water partition coefficient (Wildman–Crippen LogP) is 3.97. The van der Waals surface area contributed by atoms with Gasteiger partial charge >= 0.3 is 0 Å². The molecule has 5 heteroatoms. The lowest BCUT2D eigenvalue weighted by Gasteiger charge is -2.03. The SMILES string of the molecule is O=C(NCCc1ccccn1)c1ccc(-c2ccccc2Cl)o1. The monoisotopic (exact) mass is 326 g/mol. The zero-order valence-electron chi connectivity index (χ0n) is 12.3. The predicted molar refractivity (Wildman–Crippen MR) is 89.4 cm³/mol. The van der Waals surface area contributed by atoms with E-state index in [0.29, 0.717) is 23.7 Å². The lowest BCUT2D eigenvalue weighted by atomic mass is 10.2. The second-order valence-electron chi connectivity index (χ2n) is 4.97. The molecule has 1 amide bonds. The first-order valence-electron chi connectivity index (χ1n) is 7.27. The van der Waals surface area contributed by atoms with Crippen LogP contribution in [0.4, 0.5) is 0 Å². The first kappa shape index (κ1) is 15.3. The van der Waals surface area contributed by atoms with Crippen LogP contribution in [0.2, 0.25) is 5.02 Å². The van der Waals surface area contributed by atoms with Crippen molar-refractivity contribution < 1.29 is 9.21 Å². The summed E-state index contributed by atoms with van der Waals surface area (Å²) in [6.45, 7) is 0.498. The highest BCUT2D eigenvalue weighted by Crippen LogP contribution is 2.28. The van der Waals surface area contributed by atoms with Crippen molar-refractivity contribution in [3.63, 3.8) is 0 Å². The molecule has 0 aliphatic rings. The molecule has 1 N–H and O–H groups in total. The summed E-state index contributed by atoms with van der Waals surface area (Å²) in [5, 5.41) is 3.41. The van der Waals surface area contributed by atoms with Crippen molar-refractivity contribution in [1.82, 2.24) is 10.3 Å². The van der Waals surface area contributed by atoms with Gasteiger partial charge in [-0.1, -0.05) is 29.8 Å². The van der Waals surface area contributed by atoms with Crippen molar-refractivity contribution in [3.05, 3.63) is 77.3 Å². The number of hydrogen-bond donors (Lipinski definition) is 1. The van der Waals surface area contributed by atoms with E-state index in [1.54, 1.807) is 24.4 Å². The molecule has 0 radical (unpaired) electrons.